The lowest BCUT2D eigenvalue weighted by Gasteiger charge is -2.36. The van der Waals surface area contributed by atoms with Gasteiger partial charge in [0.2, 0.25) is 0 Å². The number of nitrogens with zero attached hydrogens (tertiary/aromatic N) is 6. The van der Waals surface area contributed by atoms with E-state index in [-0.39, 0.29) is 17.3 Å². The molecule has 1 aliphatic heterocycles. The fourth-order valence-corrected chi connectivity index (χ4v) is 4.62. The molecule has 0 unspecified atom stereocenters. The number of hydrogen-bond acceptors (Lipinski definition) is 5. The number of anilines is 1. The first-order chi connectivity index (χ1) is 17.0. The van der Waals surface area contributed by atoms with E-state index in [9.17, 15) is 13.6 Å². The summed E-state index contributed by atoms with van der Waals surface area (Å²) in [6.07, 6.45) is 2.11. The molecule has 0 radical (unpaired) electrons. The summed E-state index contributed by atoms with van der Waals surface area (Å²) >= 11 is 0. The van der Waals surface area contributed by atoms with Crippen molar-refractivity contribution < 1.29 is 13.6 Å². The van der Waals surface area contributed by atoms with E-state index < -0.39 is 5.82 Å². The molecule has 7 nitrogen and oxygen atoms in total. The average molecular weight is 475 g/mol. The summed E-state index contributed by atoms with van der Waals surface area (Å²) in [5, 5.41) is 5.57. The number of fused-ring (bicyclic) bond motifs is 1. The third-order valence-corrected chi connectivity index (χ3v) is 6.68. The highest BCUT2D eigenvalue weighted by molar-refractivity contribution is 5.95. The molecule has 1 saturated heterocycles. The molecule has 1 saturated carbocycles. The van der Waals surface area contributed by atoms with Crippen LogP contribution in [0.5, 0.6) is 0 Å². The van der Waals surface area contributed by atoms with Crippen molar-refractivity contribution in [2.24, 2.45) is 0 Å². The summed E-state index contributed by atoms with van der Waals surface area (Å²) in [6, 6.07) is 12.3. The molecule has 1 aliphatic carbocycles. The van der Waals surface area contributed by atoms with Crippen LogP contribution in [-0.2, 0) is 0 Å². The van der Waals surface area contributed by atoms with Crippen molar-refractivity contribution in [2.75, 3.05) is 31.1 Å². The minimum atomic E-state index is -0.504. The van der Waals surface area contributed by atoms with Gasteiger partial charge in [-0.15, -0.1) is 0 Å². The lowest BCUT2D eigenvalue weighted by Crippen LogP contribution is -2.49. The van der Waals surface area contributed by atoms with E-state index in [0.717, 1.165) is 41.3 Å². The Balaban J connectivity index is 1.34. The SMILES string of the molecule is Cc1nn(-c2ccc(F)cc2)c2nc(C3CC3)nc(N3CCN(C(=O)c4ccccc4F)CC3)c12. The first kappa shape index (κ1) is 21.6. The van der Waals surface area contributed by atoms with Gasteiger partial charge in [0.15, 0.2) is 5.65 Å². The quantitative estimate of drug-likeness (QED) is 0.443. The first-order valence-electron chi connectivity index (χ1n) is 11.8. The molecule has 2 aliphatic rings. The Morgan fingerprint density at radius 1 is 0.943 bits per heavy atom. The molecule has 6 rings (SSSR count). The standard InChI is InChI=1S/C26H24F2N6O/c1-16-22-24(32-12-14-33(15-13-32)26(35)20-4-2-3-5-21(20)28)29-23(17-6-7-17)30-25(22)34(31-16)19-10-8-18(27)9-11-19/h2-5,8-11,17H,6-7,12-15H2,1H3. The molecule has 35 heavy (non-hydrogen) atoms. The maximum atomic E-state index is 14.1. The first-order valence-corrected chi connectivity index (χ1v) is 11.8. The Hall–Kier alpha value is -3.88. The van der Waals surface area contributed by atoms with Crippen LogP contribution >= 0.6 is 0 Å². The topological polar surface area (TPSA) is 67.2 Å². The summed E-state index contributed by atoms with van der Waals surface area (Å²) in [5.74, 6) is 0.823. The van der Waals surface area contributed by atoms with Crippen molar-refractivity contribution in [3.63, 3.8) is 0 Å². The molecule has 0 spiro atoms. The van der Waals surface area contributed by atoms with Crippen LogP contribution in [-0.4, -0.2) is 56.7 Å². The monoisotopic (exact) mass is 474 g/mol. The summed E-state index contributed by atoms with van der Waals surface area (Å²) < 4.78 is 29.4. The second-order valence-corrected chi connectivity index (χ2v) is 9.11. The van der Waals surface area contributed by atoms with E-state index >= 15 is 0 Å². The zero-order valence-electron chi connectivity index (χ0n) is 19.3. The summed E-state index contributed by atoms with van der Waals surface area (Å²) in [5.41, 5.74) is 2.31. The number of piperazine rings is 1. The molecule has 1 amide bonds. The molecular weight excluding hydrogens is 450 g/mol. The van der Waals surface area contributed by atoms with Gasteiger partial charge in [0.1, 0.15) is 23.3 Å². The van der Waals surface area contributed by atoms with Crippen molar-refractivity contribution in [2.45, 2.75) is 25.7 Å². The highest BCUT2D eigenvalue weighted by Crippen LogP contribution is 2.40. The van der Waals surface area contributed by atoms with Gasteiger partial charge < -0.3 is 9.80 Å². The van der Waals surface area contributed by atoms with Gasteiger partial charge in [0, 0.05) is 32.1 Å². The Morgan fingerprint density at radius 2 is 1.66 bits per heavy atom. The molecule has 0 N–H and O–H groups in total. The summed E-state index contributed by atoms with van der Waals surface area (Å²) in [7, 11) is 0. The van der Waals surface area contributed by atoms with E-state index in [2.05, 4.69) is 4.90 Å². The number of aromatic nitrogens is 4. The predicted molar refractivity (Wildman–Crippen MR) is 128 cm³/mol. The number of amides is 1. The normalized spacial score (nSPS) is 16.2. The van der Waals surface area contributed by atoms with Crippen LogP contribution in [0.3, 0.4) is 0 Å². The van der Waals surface area contributed by atoms with Crippen LogP contribution in [0.4, 0.5) is 14.6 Å². The lowest BCUT2D eigenvalue weighted by atomic mass is 10.1. The molecule has 0 bridgehead atoms. The molecule has 3 heterocycles. The fraction of sp³-hybridized carbons (Fsp3) is 0.308. The van der Waals surface area contributed by atoms with Crippen molar-refractivity contribution in [1.82, 2.24) is 24.6 Å². The van der Waals surface area contributed by atoms with Crippen molar-refractivity contribution in [3.8, 4) is 5.69 Å². The van der Waals surface area contributed by atoms with E-state index in [1.807, 2.05) is 6.92 Å². The molecule has 9 heteroatoms. The number of halogens is 2. The third kappa shape index (κ3) is 3.90. The van der Waals surface area contributed by atoms with Gasteiger partial charge in [0.05, 0.1) is 22.3 Å². The number of aryl methyl sites for hydroxylation is 1. The van der Waals surface area contributed by atoms with Crippen LogP contribution in [0.25, 0.3) is 16.7 Å². The maximum absolute atomic E-state index is 14.1. The second kappa shape index (κ2) is 8.41. The Kier molecular flexibility index (Phi) is 5.20. The third-order valence-electron chi connectivity index (χ3n) is 6.68. The maximum Gasteiger partial charge on any atom is 0.256 e. The average Bonchev–Trinajstić information content (AvgIpc) is 3.68. The predicted octanol–water partition coefficient (Wildman–Crippen LogP) is 4.24. The van der Waals surface area contributed by atoms with Crippen molar-refractivity contribution in [3.05, 3.63) is 77.2 Å². The van der Waals surface area contributed by atoms with Crippen LogP contribution < -0.4 is 4.90 Å². The minimum absolute atomic E-state index is 0.0952. The zero-order valence-corrected chi connectivity index (χ0v) is 19.3. The van der Waals surface area contributed by atoms with Gasteiger partial charge >= 0.3 is 0 Å². The number of carbonyl (C=O) groups is 1. The molecule has 0 atom stereocenters. The van der Waals surface area contributed by atoms with Crippen LogP contribution in [0.1, 0.15) is 40.6 Å². The second-order valence-electron chi connectivity index (χ2n) is 9.11. The van der Waals surface area contributed by atoms with Crippen molar-refractivity contribution >= 4 is 22.8 Å². The van der Waals surface area contributed by atoms with Gasteiger partial charge in [-0.25, -0.2) is 23.4 Å². The van der Waals surface area contributed by atoms with Crippen LogP contribution in [0.15, 0.2) is 48.5 Å². The van der Waals surface area contributed by atoms with Gasteiger partial charge in [-0.1, -0.05) is 12.1 Å². The summed E-state index contributed by atoms with van der Waals surface area (Å²) in [4.78, 5) is 26.5. The Labute approximate surface area is 201 Å². The zero-order chi connectivity index (χ0) is 24.1. The van der Waals surface area contributed by atoms with Crippen LogP contribution in [0.2, 0.25) is 0 Å². The van der Waals surface area contributed by atoms with Gasteiger partial charge in [0.25, 0.3) is 5.91 Å². The smallest absolute Gasteiger partial charge is 0.256 e. The highest BCUT2D eigenvalue weighted by atomic mass is 19.1. The van der Waals surface area contributed by atoms with Gasteiger partial charge in [-0.2, -0.15) is 5.10 Å². The molecule has 4 aromatic rings. The molecule has 2 aromatic heterocycles. The van der Waals surface area contributed by atoms with E-state index in [1.54, 1.807) is 33.8 Å². The minimum Gasteiger partial charge on any atom is -0.352 e. The number of carbonyl (C=O) groups excluding carboxylic acids is 1. The Bertz CT molecular complexity index is 1420. The largest absolute Gasteiger partial charge is 0.352 e. The molecular formula is C26H24F2N6O. The van der Waals surface area contributed by atoms with Gasteiger partial charge in [-0.05, 0) is 56.2 Å². The van der Waals surface area contributed by atoms with Gasteiger partial charge in [-0.3, -0.25) is 4.79 Å². The molecule has 2 aromatic carbocycles. The fourth-order valence-electron chi connectivity index (χ4n) is 4.62. The number of hydrogen-bond donors (Lipinski definition) is 0. The van der Waals surface area contributed by atoms with Crippen LogP contribution in [0, 0.1) is 18.6 Å². The molecule has 2 fully saturated rings. The lowest BCUT2D eigenvalue weighted by molar-refractivity contribution is 0.0742. The summed E-state index contributed by atoms with van der Waals surface area (Å²) in [6.45, 7) is 3.98. The van der Waals surface area contributed by atoms with E-state index in [1.165, 1.54) is 24.3 Å². The van der Waals surface area contributed by atoms with Crippen molar-refractivity contribution in [1.29, 1.82) is 0 Å². The number of rotatable bonds is 4. The Morgan fingerprint density at radius 3 is 2.34 bits per heavy atom. The highest BCUT2D eigenvalue weighted by Gasteiger charge is 2.32. The molecule has 178 valence electrons. The van der Waals surface area contributed by atoms with E-state index in [0.29, 0.717) is 37.7 Å². The van der Waals surface area contributed by atoms with E-state index in [4.69, 9.17) is 15.1 Å². The number of benzene rings is 2.